The minimum absolute atomic E-state index is 0.273. The lowest BCUT2D eigenvalue weighted by Gasteiger charge is -2.48. The Morgan fingerprint density at radius 1 is 0.950 bits per heavy atom. The molecule has 0 amide bonds. The molecule has 4 heterocycles. The maximum Gasteiger partial charge on any atom is 0.0532 e. The van der Waals surface area contributed by atoms with Crippen LogP contribution in [0.15, 0.2) is 12.2 Å². The van der Waals surface area contributed by atoms with Crippen molar-refractivity contribution in [1.82, 2.24) is 0 Å². The molecular weight excluding hydrogens is 294 g/mol. The first kappa shape index (κ1) is 15.7. The molecule has 4 bridgehead atoms. The summed E-state index contributed by atoms with van der Waals surface area (Å²) in [5, 5.41) is 1.11. The van der Waals surface area contributed by atoms with E-state index in [2.05, 4.69) is 73.3 Å². The van der Waals surface area contributed by atoms with E-state index in [-0.39, 0.29) is 7.61 Å². The van der Waals surface area contributed by atoms with Crippen molar-refractivity contribution in [3.05, 3.63) is 12.2 Å². The van der Waals surface area contributed by atoms with Crippen molar-refractivity contribution in [2.24, 2.45) is 16.7 Å². The third kappa shape index (κ3) is 1.79. The third-order valence-electron chi connectivity index (χ3n) is 5.58. The van der Waals surface area contributed by atoms with E-state index in [0.717, 1.165) is 16.9 Å². The van der Waals surface area contributed by atoms with E-state index in [0.29, 0.717) is 23.3 Å². The smallest absolute Gasteiger partial charge is 0.0532 e. The second-order valence-corrected chi connectivity index (χ2v) is 22.9. The molecule has 0 aliphatic carbocycles. The van der Waals surface area contributed by atoms with Gasteiger partial charge in [0.05, 0.1) is 8.07 Å². The lowest BCUT2D eigenvalue weighted by Crippen LogP contribution is -2.50. The van der Waals surface area contributed by atoms with Crippen molar-refractivity contribution in [3.63, 3.8) is 0 Å². The molecule has 0 spiro atoms. The van der Waals surface area contributed by atoms with Crippen molar-refractivity contribution >= 4 is 23.3 Å². The molecule has 0 aromatic rings. The Bertz CT molecular complexity index is 433. The van der Waals surface area contributed by atoms with E-state index >= 15 is 0 Å². The summed E-state index contributed by atoms with van der Waals surface area (Å²) in [5.41, 5.74) is 1.99. The van der Waals surface area contributed by atoms with Crippen molar-refractivity contribution < 1.29 is 0 Å². The highest BCUT2D eigenvalue weighted by Gasteiger charge is 2.81. The SMILES string of the molecule is CC(C)(C)[C@@H]1[C@@H]2C=C[C@@]3(C(C)(C)C)P(C2[Si](C)(C)C)P13. The fourth-order valence-corrected chi connectivity index (χ4v) is 29.5. The molecule has 114 valence electrons. The third-order valence-corrected chi connectivity index (χ3v) is 22.6. The van der Waals surface area contributed by atoms with E-state index in [1.807, 2.05) is 0 Å². The highest BCUT2D eigenvalue weighted by atomic mass is 32.1. The van der Waals surface area contributed by atoms with Gasteiger partial charge in [-0.2, -0.15) is 0 Å². The molecule has 0 aromatic carbocycles. The lowest BCUT2D eigenvalue weighted by atomic mass is 9.82. The Labute approximate surface area is 129 Å². The predicted molar refractivity (Wildman–Crippen MR) is 99.0 cm³/mol. The van der Waals surface area contributed by atoms with Gasteiger partial charge in [0.1, 0.15) is 0 Å². The Morgan fingerprint density at radius 2 is 1.50 bits per heavy atom. The molecule has 4 aliphatic heterocycles. The number of rotatable bonds is 1. The Kier molecular flexibility index (Phi) is 3.15. The van der Waals surface area contributed by atoms with Crippen LogP contribution in [0.3, 0.4) is 0 Å². The number of hydrogen-bond acceptors (Lipinski definition) is 0. The highest BCUT2D eigenvalue weighted by Crippen LogP contribution is 3.14. The summed E-state index contributed by atoms with van der Waals surface area (Å²) in [7, 11) is -0.478. The van der Waals surface area contributed by atoms with Crippen LogP contribution in [-0.2, 0) is 0 Å². The van der Waals surface area contributed by atoms with Crippen LogP contribution in [0.2, 0.25) is 19.6 Å². The van der Waals surface area contributed by atoms with Crippen LogP contribution >= 0.6 is 15.2 Å². The van der Waals surface area contributed by atoms with Gasteiger partial charge < -0.3 is 0 Å². The fraction of sp³-hybridized carbons (Fsp3) is 0.882. The first-order valence-corrected chi connectivity index (χ1v) is 15.2. The van der Waals surface area contributed by atoms with Crippen molar-refractivity contribution in [3.8, 4) is 0 Å². The van der Waals surface area contributed by atoms with Crippen molar-refractivity contribution in [2.45, 2.75) is 77.0 Å². The molecule has 4 rings (SSSR count). The maximum absolute atomic E-state index is 2.72. The van der Waals surface area contributed by atoms with Gasteiger partial charge in [-0.05, 0) is 27.7 Å². The predicted octanol–water partition coefficient (Wildman–Crippen LogP) is 6.48. The molecule has 0 aromatic heterocycles. The monoisotopic (exact) mass is 326 g/mol. The van der Waals surface area contributed by atoms with Crippen LogP contribution in [0.1, 0.15) is 41.5 Å². The molecular formula is C17H32P2Si. The summed E-state index contributed by atoms with van der Waals surface area (Å²) in [6.07, 6.45) is 5.41. The lowest BCUT2D eigenvalue weighted by molar-refractivity contribution is 0.324. The van der Waals surface area contributed by atoms with Gasteiger partial charge >= 0.3 is 0 Å². The van der Waals surface area contributed by atoms with Crippen LogP contribution < -0.4 is 0 Å². The molecule has 4 aliphatic rings. The van der Waals surface area contributed by atoms with E-state index in [1.165, 1.54) is 0 Å². The van der Waals surface area contributed by atoms with Gasteiger partial charge in [-0.3, -0.25) is 0 Å². The van der Waals surface area contributed by atoms with Gasteiger partial charge in [0.25, 0.3) is 0 Å². The molecule has 2 fully saturated rings. The van der Waals surface area contributed by atoms with Gasteiger partial charge in [-0.1, -0.05) is 88.6 Å². The summed E-state index contributed by atoms with van der Waals surface area (Å²) < 4.78 is 0. The minimum atomic E-state index is -1.05. The van der Waals surface area contributed by atoms with E-state index < -0.39 is 8.07 Å². The Balaban J connectivity index is 2.11. The standard InChI is InChI=1S/C17H32P2Si/c1-15(2,3)13-12-10-11-17(16(4,5)6)18(13)19(17)14(12)20(7,8)9/h10-14H,1-9H3/t12-,13-,14?,17-,18?,19?/m0/s1. The molecule has 0 nitrogen and oxygen atoms in total. The molecule has 2 saturated heterocycles. The first-order chi connectivity index (χ1) is 8.83. The largest absolute Gasteiger partial charge is 0.0831 e. The fourth-order valence-electron chi connectivity index (χ4n) is 4.89. The van der Waals surface area contributed by atoms with Crippen molar-refractivity contribution in [1.29, 1.82) is 0 Å². The second-order valence-electron chi connectivity index (χ2n) is 10.2. The van der Waals surface area contributed by atoms with E-state index in [9.17, 15) is 0 Å². The summed E-state index contributed by atoms with van der Waals surface area (Å²) in [5.74, 6) is 0.933. The van der Waals surface area contributed by atoms with Crippen LogP contribution in [0.25, 0.3) is 0 Å². The number of allylic oxidation sites excluding steroid dienone is 2. The molecule has 20 heavy (non-hydrogen) atoms. The zero-order valence-electron chi connectivity index (χ0n) is 14.8. The average molecular weight is 326 g/mol. The van der Waals surface area contributed by atoms with E-state index in [4.69, 9.17) is 0 Å². The van der Waals surface area contributed by atoms with Crippen LogP contribution in [0.5, 0.6) is 0 Å². The minimum Gasteiger partial charge on any atom is -0.0831 e. The quantitative estimate of drug-likeness (QED) is 0.294. The summed E-state index contributed by atoms with van der Waals surface area (Å²) >= 11 is 0. The van der Waals surface area contributed by atoms with Gasteiger partial charge in [0.15, 0.2) is 0 Å². The average Bonchev–Trinajstić information content (AvgIpc) is 2.77. The van der Waals surface area contributed by atoms with Gasteiger partial charge in [-0.25, -0.2) is 0 Å². The Morgan fingerprint density at radius 3 is 1.90 bits per heavy atom. The molecule has 0 radical (unpaired) electrons. The van der Waals surface area contributed by atoms with Gasteiger partial charge in [-0.15, -0.1) is 0 Å². The first-order valence-electron chi connectivity index (χ1n) is 8.11. The molecule has 3 heteroatoms. The topological polar surface area (TPSA) is 0 Å². The summed E-state index contributed by atoms with van der Waals surface area (Å²) in [4.78, 5) is 0.648. The second kappa shape index (κ2) is 4.01. The van der Waals surface area contributed by atoms with Gasteiger partial charge in [0, 0.05) is 4.90 Å². The van der Waals surface area contributed by atoms with Crippen molar-refractivity contribution in [2.75, 3.05) is 0 Å². The molecule has 3 unspecified atom stereocenters. The zero-order chi connectivity index (χ0) is 15.3. The number of hydrogen-bond donors (Lipinski definition) is 0. The molecule has 0 N–H and O–H groups in total. The van der Waals surface area contributed by atoms with Gasteiger partial charge in [0.2, 0.25) is 0 Å². The molecule has 6 atom stereocenters. The van der Waals surface area contributed by atoms with E-state index in [1.54, 1.807) is 0 Å². The summed E-state index contributed by atoms with van der Waals surface area (Å²) in [6, 6.07) is 0. The summed E-state index contributed by atoms with van der Waals surface area (Å²) in [6.45, 7) is 23.0. The zero-order valence-corrected chi connectivity index (χ0v) is 17.6. The maximum atomic E-state index is 2.72. The van der Waals surface area contributed by atoms with Crippen LogP contribution in [-0.4, -0.2) is 23.9 Å². The van der Waals surface area contributed by atoms with Crippen LogP contribution in [0.4, 0.5) is 0 Å². The highest BCUT2D eigenvalue weighted by molar-refractivity contribution is 8.49. The molecule has 0 saturated carbocycles. The normalized spacial score (nSPS) is 46.8. The van der Waals surface area contributed by atoms with Crippen LogP contribution in [0, 0.1) is 16.7 Å². The Hall–Kier alpha value is 0.817.